The number of nitro benzene ring substituents is 1. The third-order valence-corrected chi connectivity index (χ3v) is 3.73. The molecule has 0 aliphatic carbocycles. The maximum absolute atomic E-state index is 10.8. The Morgan fingerprint density at radius 3 is 2.94 bits per heavy atom. The van der Waals surface area contributed by atoms with E-state index in [0.717, 1.165) is 25.9 Å². The molecule has 0 bridgehead atoms. The summed E-state index contributed by atoms with van der Waals surface area (Å²) >= 11 is 0. The molecular formula is C12H15IN2O2. The summed E-state index contributed by atoms with van der Waals surface area (Å²) in [6, 6.07) is 5.77. The van der Waals surface area contributed by atoms with Crippen molar-refractivity contribution < 1.29 is 4.92 Å². The molecule has 5 heteroatoms. The SMILES string of the molecule is I.O=[N+]([O-])c1ccc2c(c1)C1CCCN1CC2. The predicted molar refractivity (Wildman–Crippen MR) is 75.8 cm³/mol. The van der Waals surface area contributed by atoms with Crippen molar-refractivity contribution in [1.29, 1.82) is 0 Å². The van der Waals surface area contributed by atoms with Gasteiger partial charge in [-0.1, -0.05) is 6.07 Å². The molecule has 2 aliphatic heterocycles. The number of benzene rings is 1. The second-order valence-electron chi connectivity index (χ2n) is 4.58. The van der Waals surface area contributed by atoms with Crippen molar-refractivity contribution in [2.75, 3.05) is 13.1 Å². The van der Waals surface area contributed by atoms with Crippen LogP contribution < -0.4 is 0 Å². The topological polar surface area (TPSA) is 46.4 Å². The molecule has 3 rings (SSSR count). The maximum Gasteiger partial charge on any atom is 0.269 e. The van der Waals surface area contributed by atoms with Gasteiger partial charge in [0.15, 0.2) is 0 Å². The van der Waals surface area contributed by atoms with E-state index in [1.807, 2.05) is 6.07 Å². The number of hydrogen-bond donors (Lipinski definition) is 0. The lowest BCUT2D eigenvalue weighted by Crippen LogP contribution is -2.30. The highest BCUT2D eigenvalue weighted by atomic mass is 127. The third kappa shape index (κ3) is 2.18. The molecule has 2 heterocycles. The molecule has 0 radical (unpaired) electrons. The first-order valence-electron chi connectivity index (χ1n) is 5.77. The van der Waals surface area contributed by atoms with Crippen LogP contribution in [0.4, 0.5) is 5.69 Å². The molecule has 4 nitrogen and oxygen atoms in total. The van der Waals surface area contributed by atoms with Gasteiger partial charge in [0.1, 0.15) is 0 Å². The predicted octanol–water partition coefficient (Wildman–Crippen LogP) is 2.91. The molecule has 0 aromatic heterocycles. The molecule has 2 aliphatic rings. The van der Waals surface area contributed by atoms with Gasteiger partial charge in [-0.05, 0) is 36.9 Å². The number of hydrogen-bond acceptors (Lipinski definition) is 3. The zero-order valence-electron chi connectivity index (χ0n) is 9.46. The Morgan fingerprint density at radius 2 is 2.18 bits per heavy atom. The first-order chi connectivity index (χ1) is 7.75. The van der Waals surface area contributed by atoms with Crippen LogP contribution >= 0.6 is 24.0 Å². The molecule has 1 fully saturated rings. The Bertz CT molecular complexity index is 450. The van der Waals surface area contributed by atoms with E-state index in [4.69, 9.17) is 0 Å². The molecule has 1 aromatic carbocycles. The summed E-state index contributed by atoms with van der Waals surface area (Å²) in [7, 11) is 0. The van der Waals surface area contributed by atoms with E-state index in [0.29, 0.717) is 6.04 Å². The Hall–Kier alpha value is -0.690. The van der Waals surface area contributed by atoms with Crippen molar-refractivity contribution in [2.24, 2.45) is 0 Å². The third-order valence-electron chi connectivity index (χ3n) is 3.73. The van der Waals surface area contributed by atoms with Crippen molar-refractivity contribution in [2.45, 2.75) is 25.3 Å². The van der Waals surface area contributed by atoms with Crippen molar-refractivity contribution in [1.82, 2.24) is 4.90 Å². The second-order valence-corrected chi connectivity index (χ2v) is 4.58. The van der Waals surface area contributed by atoms with Crippen LogP contribution in [0.15, 0.2) is 18.2 Å². The van der Waals surface area contributed by atoms with Gasteiger partial charge in [0.05, 0.1) is 4.92 Å². The molecule has 17 heavy (non-hydrogen) atoms. The first-order valence-corrected chi connectivity index (χ1v) is 5.77. The van der Waals surface area contributed by atoms with Crippen LogP contribution in [0.2, 0.25) is 0 Å². The van der Waals surface area contributed by atoms with E-state index in [-0.39, 0.29) is 34.6 Å². The fourth-order valence-electron chi connectivity index (χ4n) is 2.94. The van der Waals surface area contributed by atoms with Gasteiger partial charge in [-0.15, -0.1) is 24.0 Å². The molecule has 92 valence electrons. The van der Waals surface area contributed by atoms with Crippen LogP contribution in [-0.2, 0) is 6.42 Å². The Morgan fingerprint density at radius 1 is 1.35 bits per heavy atom. The summed E-state index contributed by atoms with van der Waals surface area (Å²) in [5, 5.41) is 10.8. The number of nitrogens with zero attached hydrogens (tertiary/aromatic N) is 2. The van der Waals surface area contributed by atoms with Crippen LogP contribution in [0.3, 0.4) is 0 Å². The van der Waals surface area contributed by atoms with E-state index in [1.165, 1.54) is 17.5 Å². The smallest absolute Gasteiger partial charge is 0.269 e. The normalized spacial score (nSPS) is 22.5. The van der Waals surface area contributed by atoms with Gasteiger partial charge < -0.3 is 0 Å². The second kappa shape index (κ2) is 4.89. The first kappa shape index (κ1) is 12.8. The summed E-state index contributed by atoms with van der Waals surface area (Å²) in [6.07, 6.45) is 3.39. The summed E-state index contributed by atoms with van der Waals surface area (Å²) < 4.78 is 0. The van der Waals surface area contributed by atoms with Crippen molar-refractivity contribution in [3.05, 3.63) is 39.4 Å². The monoisotopic (exact) mass is 346 g/mol. The number of halogens is 1. The highest BCUT2D eigenvalue weighted by molar-refractivity contribution is 14.0. The molecule has 0 N–H and O–H groups in total. The lowest BCUT2D eigenvalue weighted by molar-refractivity contribution is -0.385. The van der Waals surface area contributed by atoms with E-state index in [1.54, 1.807) is 12.1 Å². The number of non-ortho nitro benzene ring substituents is 1. The van der Waals surface area contributed by atoms with Gasteiger partial charge in [-0.2, -0.15) is 0 Å². The Labute approximate surface area is 117 Å². The maximum atomic E-state index is 10.8. The zero-order chi connectivity index (χ0) is 11.1. The fourth-order valence-corrected chi connectivity index (χ4v) is 2.94. The Balaban J connectivity index is 0.00000108. The zero-order valence-corrected chi connectivity index (χ0v) is 11.8. The number of nitro groups is 1. The van der Waals surface area contributed by atoms with Gasteiger partial charge in [0, 0.05) is 24.7 Å². The minimum Gasteiger partial charge on any atom is -0.296 e. The lowest BCUT2D eigenvalue weighted by atomic mass is 9.92. The van der Waals surface area contributed by atoms with E-state index >= 15 is 0 Å². The Kier molecular flexibility index (Phi) is 3.67. The minimum absolute atomic E-state index is 0. The van der Waals surface area contributed by atoms with E-state index < -0.39 is 0 Å². The molecule has 0 saturated carbocycles. The standard InChI is InChI=1S/C12H14N2O2.HI/c15-14(16)10-4-3-9-5-7-13-6-1-2-12(13)11(9)8-10;/h3-4,8,12H,1-2,5-7H2;1H. The summed E-state index contributed by atoms with van der Waals surface area (Å²) in [5.74, 6) is 0. The average molecular weight is 346 g/mol. The van der Waals surface area contributed by atoms with Gasteiger partial charge in [-0.3, -0.25) is 15.0 Å². The van der Waals surface area contributed by atoms with E-state index in [2.05, 4.69) is 4.90 Å². The van der Waals surface area contributed by atoms with Crippen molar-refractivity contribution >= 4 is 29.7 Å². The van der Waals surface area contributed by atoms with Crippen LogP contribution in [-0.4, -0.2) is 22.9 Å². The molecule has 1 atom stereocenters. The molecule has 0 spiro atoms. The summed E-state index contributed by atoms with van der Waals surface area (Å²) in [4.78, 5) is 12.9. The van der Waals surface area contributed by atoms with Crippen LogP contribution in [0.1, 0.15) is 30.0 Å². The molecule has 1 saturated heterocycles. The molecule has 1 aromatic rings. The summed E-state index contributed by atoms with van der Waals surface area (Å²) in [5.41, 5.74) is 2.72. The minimum atomic E-state index is -0.297. The quantitative estimate of drug-likeness (QED) is 0.446. The largest absolute Gasteiger partial charge is 0.296 e. The van der Waals surface area contributed by atoms with Gasteiger partial charge in [0.25, 0.3) is 5.69 Å². The average Bonchev–Trinajstić information content (AvgIpc) is 2.76. The molecule has 1 unspecified atom stereocenters. The lowest BCUT2D eigenvalue weighted by Gasteiger charge is -2.31. The van der Waals surface area contributed by atoms with E-state index in [9.17, 15) is 10.1 Å². The highest BCUT2D eigenvalue weighted by Crippen LogP contribution is 2.38. The van der Waals surface area contributed by atoms with Crippen LogP contribution in [0.5, 0.6) is 0 Å². The fraction of sp³-hybridized carbons (Fsp3) is 0.500. The molecular weight excluding hydrogens is 331 g/mol. The van der Waals surface area contributed by atoms with Crippen molar-refractivity contribution in [3.8, 4) is 0 Å². The van der Waals surface area contributed by atoms with Gasteiger partial charge >= 0.3 is 0 Å². The number of fused-ring (bicyclic) bond motifs is 3. The number of rotatable bonds is 1. The van der Waals surface area contributed by atoms with Crippen LogP contribution in [0.25, 0.3) is 0 Å². The summed E-state index contributed by atoms with van der Waals surface area (Å²) in [6.45, 7) is 2.25. The van der Waals surface area contributed by atoms with Gasteiger partial charge in [-0.25, -0.2) is 0 Å². The van der Waals surface area contributed by atoms with Crippen LogP contribution in [0, 0.1) is 10.1 Å². The molecule has 0 amide bonds. The van der Waals surface area contributed by atoms with Crippen molar-refractivity contribution in [3.63, 3.8) is 0 Å². The highest BCUT2D eigenvalue weighted by Gasteiger charge is 2.31. The van der Waals surface area contributed by atoms with Gasteiger partial charge in [0.2, 0.25) is 0 Å².